The molecule has 3 aromatic rings. The molecule has 4 rings (SSSR count). The lowest BCUT2D eigenvalue weighted by atomic mass is 10.1. The summed E-state index contributed by atoms with van der Waals surface area (Å²) < 4.78 is 5.42. The van der Waals surface area contributed by atoms with Crippen LogP contribution in [0.25, 0.3) is 16.7 Å². The Morgan fingerprint density at radius 3 is 2.35 bits per heavy atom. The van der Waals surface area contributed by atoms with E-state index in [4.69, 9.17) is 9.72 Å². The number of phenols is 1. The maximum atomic E-state index is 12.0. The zero-order valence-electron chi connectivity index (χ0n) is 19.8. The van der Waals surface area contributed by atoms with Crippen molar-refractivity contribution in [1.29, 1.82) is 0 Å². The highest BCUT2D eigenvalue weighted by Crippen LogP contribution is 2.28. The lowest BCUT2D eigenvalue weighted by molar-refractivity contribution is 0.111. The second-order valence-corrected chi connectivity index (χ2v) is 8.69. The molecule has 0 saturated carbocycles. The molecule has 2 heterocycles. The second kappa shape index (κ2) is 10.6. The van der Waals surface area contributed by atoms with Gasteiger partial charge in [-0.2, -0.15) is 0 Å². The highest BCUT2D eigenvalue weighted by atomic mass is 16.5. The van der Waals surface area contributed by atoms with Crippen LogP contribution >= 0.6 is 0 Å². The van der Waals surface area contributed by atoms with Crippen LogP contribution in [0.5, 0.6) is 5.75 Å². The topological polar surface area (TPSA) is 87.6 Å². The predicted octanol–water partition coefficient (Wildman–Crippen LogP) is 5.05. The number of aromatic nitrogens is 2. The van der Waals surface area contributed by atoms with Gasteiger partial charge in [-0.15, -0.1) is 0 Å². The van der Waals surface area contributed by atoms with Crippen LogP contribution in [0.3, 0.4) is 0 Å². The molecule has 0 spiro atoms. The van der Waals surface area contributed by atoms with Crippen molar-refractivity contribution in [2.45, 2.75) is 32.9 Å². The van der Waals surface area contributed by atoms with E-state index < -0.39 is 0 Å². The first-order valence-electron chi connectivity index (χ1n) is 11.4. The van der Waals surface area contributed by atoms with Gasteiger partial charge in [0.05, 0.1) is 13.2 Å². The number of phenolic OH excluding ortho intramolecular Hbond substituents is 1. The molecule has 1 aliphatic rings. The first-order chi connectivity index (χ1) is 16.4. The Bertz CT molecular complexity index is 1170. The highest BCUT2D eigenvalue weighted by molar-refractivity contribution is 5.80. The van der Waals surface area contributed by atoms with E-state index in [0.29, 0.717) is 49.6 Å². The summed E-state index contributed by atoms with van der Waals surface area (Å²) >= 11 is 0. The number of anilines is 2. The molecule has 0 bridgehead atoms. The average Bonchev–Trinajstić information content (AvgIpc) is 2.86. The standard InChI is InChI=1S/C27H30N4O3/c1-18(2)31(3)16-24-25(17-32)29-26(21-12-14-34-15-13-21)30-27(24)28-22-8-4-19(5-9-22)20-6-10-23(33)11-7-20/h4-12,17-18,33H,13-16H2,1-3H3,(H,28,29,30). The van der Waals surface area contributed by atoms with Gasteiger partial charge in [-0.25, -0.2) is 9.97 Å². The summed E-state index contributed by atoms with van der Waals surface area (Å²) in [4.78, 5) is 23.6. The number of carbonyl (C=O) groups is 1. The number of aromatic hydroxyl groups is 1. The zero-order valence-corrected chi connectivity index (χ0v) is 19.8. The maximum Gasteiger partial charge on any atom is 0.168 e. The van der Waals surface area contributed by atoms with E-state index >= 15 is 0 Å². The molecule has 0 fully saturated rings. The Morgan fingerprint density at radius 2 is 1.76 bits per heavy atom. The molecule has 7 heteroatoms. The second-order valence-electron chi connectivity index (χ2n) is 8.69. The van der Waals surface area contributed by atoms with Gasteiger partial charge in [-0.05, 0) is 68.3 Å². The van der Waals surface area contributed by atoms with E-state index in [1.165, 1.54) is 0 Å². The third-order valence-electron chi connectivity index (χ3n) is 6.04. The number of ether oxygens (including phenoxy) is 1. The molecule has 34 heavy (non-hydrogen) atoms. The van der Waals surface area contributed by atoms with Gasteiger partial charge < -0.3 is 15.2 Å². The average molecular weight is 459 g/mol. The third kappa shape index (κ3) is 5.50. The molecule has 0 amide bonds. The van der Waals surface area contributed by atoms with Gasteiger partial charge >= 0.3 is 0 Å². The molecule has 1 aliphatic heterocycles. The highest BCUT2D eigenvalue weighted by Gasteiger charge is 2.20. The number of carbonyl (C=O) groups excluding carboxylic acids is 1. The molecular formula is C27H30N4O3. The fraction of sp³-hybridized carbons (Fsp3) is 0.296. The van der Waals surface area contributed by atoms with Crippen molar-refractivity contribution in [2.75, 3.05) is 25.6 Å². The summed E-state index contributed by atoms with van der Waals surface area (Å²) in [6.07, 6.45) is 3.50. The Morgan fingerprint density at radius 1 is 1.09 bits per heavy atom. The molecule has 1 aromatic heterocycles. The molecular weight excluding hydrogens is 428 g/mol. The molecule has 0 radical (unpaired) electrons. The van der Waals surface area contributed by atoms with Gasteiger partial charge in [-0.3, -0.25) is 9.69 Å². The van der Waals surface area contributed by atoms with Gasteiger partial charge in [0.15, 0.2) is 12.1 Å². The van der Waals surface area contributed by atoms with Crippen LogP contribution in [0.4, 0.5) is 11.5 Å². The van der Waals surface area contributed by atoms with Crippen molar-refractivity contribution >= 4 is 23.4 Å². The van der Waals surface area contributed by atoms with Crippen molar-refractivity contribution in [3.63, 3.8) is 0 Å². The molecule has 0 unspecified atom stereocenters. The van der Waals surface area contributed by atoms with E-state index in [-0.39, 0.29) is 5.75 Å². The van der Waals surface area contributed by atoms with E-state index in [9.17, 15) is 9.90 Å². The van der Waals surface area contributed by atoms with E-state index in [0.717, 1.165) is 34.2 Å². The zero-order chi connectivity index (χ0) is 24.1. The summed E-state index contributed by atoms with van der Waals surface area (Å²) in [6.45, 7) is 5.90. The molecule has 0 atom stereocenters. The Balaban J connectivity index is 1.69. The number of rotatable bonds is 8. The molecule has 2 aromatic carbocycles. The van der Waals surface area contributed by atoms with Crippen LogP contribution in [0.1, 0.15) is 42.1 Å². The number of nitrogens with zero attached hydrogens (tertiary/aromatic N) is 3. The lowest BCUT2D eigenvalue weighted by Crippen LogP contribution is -2.27. The Labute approximate surface area is 200 Å². The van der Waals surface area contributed by atoms with Crippen LogP contribution < -0.4 is 5.32 Å². The molecule has 0 saturated heterocycles. The summed E-state index contributed by atoms with van der Waals surface area (Å²) in [5.74, 6) is 1.43. The smallest absolute Gasteiger partial charge is 0.168 e. The van der Waals surface area contributed by atoms with Crippen molar-refractivity contribution in [3.8, 4) is 16.9 Å². The Hall–Kier alpha value is -3.55. The first kappa shape index (κ1) is 23.6. The van der Waals surface area contributed by atoms with Crippen LogP contribution in [0, 0.1) is 0 Å². The van der Waals surface area contributed by atoms with Gasteiger partial charge in [0.25, 0.3) is 0 Å². The monoisotopic (exact) mass is 458 g/mol. The summed E-state index contributed by atoms with van der Waals surface area (Å²) in [6, 6.07) is 15.4. The summed E-state index contributed by atoms with van der Waals surface area (Å²) in [5.41, 5.74) is 5.07. The van der Waals surface area contributed by atoms with E-state index in [1.807, 2.05) is 49.5 Å². The fourth-order valence-electron chi connectivity index (χ4n) is 3.70. The quantitative estimate of drug-likeness (QED) is 0.457. The fourth-order valence-corrected chi connectivity index (χ4v) is 3.70. The maximum absolute atomic E-state index is 12.0. The minimum absolute atomic E-state index is 0.242. The molecule has 0 aliphatic carbocycles. The molecule has 2 N–H and O–H groups in total. The minimum Gasteiger partial charge on any atom is -0.508 e. The van der Waals surface area contributed by atoms with Gasteiger partial charge in [0.2, 0.25) is 0 Å². The van der Waals surface area contributed by atoms with Crippen molar-refractivity contribution in [3.05, 3.63) is 71.7 Å². The van der Waals surface area contributed by atoms with Gasteiger partial charge in [0.1, 0.15) is 17.3 Å². The number of hydrogen-bond acceptors (Lipinski definition) is 7. The van der Waals surface area contributed by atoms with Crippen molar-refractivity contribution in [2.24, 2.45) is 0 Å². The first-order valence-corrected chi connectivity index (χ1v) is 11.4. The number of aldehydes is 1. The van der Waals surface area contributed by atoms with Crippen LogP contribution in [0.2, 0.25) is 0 Å². The number of benzene rings is 2. The molecule has 176 valence electrons. The van der Waals surface area contributed by atoms with Crippen molar-refractivity contribution in [1.82, 2.24) is 14.9 Å². The lowest BCUT2D eigenvalue weighted by Gasteiger charge is -2.24. The van der Waals surface area contributed by atoms with E-state index in [2.05, 4.69) is 29.0 Å². The number of hydrogen-bond donors (Lipinski definition) is 2. The van der Waals surface area contributed by atoms with Crippen LogP contribution in [-0.2, 0) is 11.3 Å². The van der Waals surface area contributed by atoms with E-state index in [1.54, 1.807) is 12.1 Å². The van der Waals surface area contributed by atoms with Gasteiger partial charge in [-0.1, -0.05) is 30.3 Å². The van der Waals surface area contributed by atoms with Crippen LogP contribution in [-0.4, -0.2) is 52.6 Å². The summed E-state index contributed by atoms with van der Waals surface area (Å²) in [5, 5.41) is 13.0. The third-order valence-corrected chi connectivity index (χ3v) is 6.04. The van der Waals surface area contributed by atoms with Gasteiger partial charge in [0, 0.05) is 23.8 Å². The summed E-state index contributed by atoms with van der Waals surface area (Å²) in [7, 11) is 2.02. The molecule has 7 nitrogen and oxygen atoms in total. The minimum atomic E-state index is 0.242. The largest absolute Gasteiger partial charge is 0.508 e. The number of nitrogens with one attached hydrogen (secondary N) is 1. The van der Waals surface area contributed by atoms with Crippen LogP contribution in [0.15, 0.2) is 54.6 Å². The predicted molar refractivity (Wildman–Crippen MR) is 134 cm³/mol. The SMILES string of the molecule is CC(C)N(C)Cc1c(C=O)nc(C2=CCOCC2)nc1Nc1ccc(-c2ccc(O)cc2)cc1. The van der Waals surface area contributed by atoms with Crippen molar-refractivity contribution < 1.29 is 14.6 Å². The normalized spacial score (nSPS) is 13.7. The Kier molecular flexibility index (Phi) is 7.35.